The van der Waals surface area contributed by atoms with E-state index in [1.54, 1.807) is 6.07 Å². The summed E-state index contributed by atoms with van der Waals surface area (Å²) >= 11 is 0. The molecular weight excluding hydrogens is 295 g/mol. The normalized spacial score (nSPS) is 16.3. The summed E-state index contributed by atoms with van der Waals surface area (Å²) in [5.41, 5.74) is 0.319. The standard InChI is InChI=1S/C14H19FN2O3S/c1-21(19,20)17(13-7-2-3-8-13)10-14(18)16-12-6-4-5-11(15)9-12/h4-6,9,13H,2-3,7-8,10H2,1H3,(H,16,18). The molecule has 1 aliphatic carbocycles. The maximum Gasteiger partial charge on any atom is 0.239 e. The number of carbonyl (C=O) groups excluding carboxylic acids is 1. The molecule has 0 unspecified atom stereocenters. The molecule has 2 rings (SSSR count). The Balaban J connectivity index is 2.04. The molecule has 1 amide bonds. The highest BCUT2D eigenvalue weighted by molar-refractivity contribution is 7.88. The molecule has 0 spiro atoms. The van der Waals surface area contributed by atoms with Gasteiger partial charge in [-0.1, -0.05) is 18.9 Å². The first-order chi connectivity index (χ1) is 9.86. The maximum absolute atomic E-state index is 13.1. The Labute approximate surface area is 124 Å². The van der Waals surface area contributed by atoms with E-state index in [4.69, 9.17) is 0 Å². The number of nitrogens with one attached hydrogen (secondary N) is 1. The molecule has 0 radical (unpaired) electrons. The Morgan fingerprint density at radius 3 is 2.62 bits per heavy atom. The van der Waals surface area contributed by atoms with Gasteiger partial charge in [0.1, 0.15) is 5.82 Å². The molecule has 7 heteroatoms. The van der Waals surface area contributed by atoms with Gasteiger partial charge in [-0.15, -0.1) is 0 Å². The molecule has 5 nitrogen and oxygen atoms in total. The van der Waals surface area contributed by atoms with Crippen molar-refractivity contribution in [1.29, 1.82) is 0 Å². The van der Waals surface area contributed by atoms with E-state index in [0.717, 1.165) is 31.9 Å². The van der Waals surface area contributed by atoms with Crippen LogP contribution in [0.25, 0.3) is 0 Å². The second-order valence-corrected chi connectivity index (χ2v) is 7.24. The zero-order valence-electron chi connectivity index (χ0n) is 11.9. The van der Waals surface area contributed by atoms with E-state index in [1.807, 2.05) is 0 Å². The number of hydrogen-bond donors (Lipinski definition) is 1. The number of rotatable bonds is 5. The topological polar surface area (TPSA) is 66.5 Å². The fourth-order valence-electron chi connectivity index (χ4n) is 2.62. The smallest absolute Gasteiger partial charge is 0.239 e. The first kappa shape index (κ1) is 15.9. The molecule has 1 saturated carbocycles. The van der Waals surface area contributed by atoms with Crippen LogP contribution < -0.4 is 5.32 Å². The first-order valence-corrected chi connectivity index (χ1v) is 8.73. The van der Waals surface area contributed by atoms with Crippen molar-refractivity contribution < 1.29 is 17.6 Å². The lowest BCUT2D eigenvalue weighted by Crippen LogP contribution is -2.43. The Morgan fingerprint density at radius 1 is 1.38 bits per heavy atom. The second kappa shape index (κ2) is 6.53. The van der Waals surface area contributed by atoms with Crippen LogP contribution in [-0.2, 0) is 14.8 Å². The van der Waals surface area contributed by atoms with Crippen molar-refractivity contribution in [3.63, 3.8) is 0 Å². The highest BCUT2D eigenvalue weighted by Gasteiger charge is 2.30. The number of carbonyl (C=O) groups is 1. The van der Waals surface area contributed by atoms with Gasteiger partial charge >= 0.3 is 0 Å². The molecule has 0 heterocycles. The zero-order chi connectivity index (χ0) is 15.5. The third kappa shape index (κ3) is 4.50. The Kier molecular flexibility index (Phi) is 4.95. The van der Waals surface area contributed by atoms with Gasteiger partial charge in [0.15, 0.2) is 0 Å². The van der Waals surface area contributed by atoms with Gasteiger partial charge in [-0.2, -0.15) is 4.31 Å². The summed E-state index contributed by atoms with van der Waals surface area (Å²) in [6.07, 6.45) is 4.62. The van der Waals surface area contributed by atoms with E-state index in [2.05, 4.69) is 5.32 Å². The van der Waals surface area contributed by atoms with Crippen molar-refractivity contribution in [3.8, 4) is 0 Å². The monoisotopic (exact) mass is 314 g/mol. The number of amides is 1. The molecular formula is C14H19FN2O3S. The van der Waals surface area contributed by atoms with Gasteiger partial charge in [0.05, 0.1) is 12.8 Å². The summed E-state index contributed by atoms with van der Waals surface area (Å²) in [4.78, 5) is 12.0. The minimum absolute atomic E-state index is 0.113. The van der Waals surface area contributed by atoms with Crippen LogP contribution in [0.15, 0.2) is 24.3 Å². The highest BCUT2D eigenvalue weighted by atomic mass is 32.2. The molecule has 0 saturated heterocycles. The van der Waals surface area contributed by atoms with Crippen molar-refractivity contribution in [3.05, 3.63) is 30.1 Å². The summed E-state index contributed by atoms with van der Waals surface area (Å²) in [7, 11) is -3.45. The van der Waals surface area contributed by atoms with Crippen molar-refractivity contribution in [2.45, 2.75) is 31.7 Å². The van der Waals surface area contributed by atoms with E-state index in [1.165, 1.54) is 22.5 Å². The van der Waals surface area contributed by atoms with Gasteiger partial charge in [0, 0.05) is 11.7 Å². The lowest BCUT2D eigenvalue weighted by atomic mass is 10.2. The SMILES string of the molecule is CS(=O)(=O)N(CC(=O)Nc1cccc(F)c1)C1CCCC1. The van der Waals surface area contributed by atoms with Gasteiger partial charge < -0.3 is 5.32 Å². The Morgan fingerprint density at radius 2 is 2.05 bits per heavy atom. The predicted octanol–water partition coefficient (Wildman–Crippen LogP) is 1.97. The molecule has 1 aliphatic rings. The lowest BCUT2D eigenvalue weighted by molar-refractivity contribution is -0.116. The number of benzene rings is 1. The fraction of sp³-hybridized carbons (Fsp3) is 0.500. The molecule has 0 bridgehead atoms. The zero-order valence-corrected chi connectivity index (χ0v) is 12.7. The quantitative estimate of drug-likeness (QED) is 0.903. The van der Waals surface area contributed by atoms with Crippen LogP contribution in [0.2, 0.25) is 0 Å². The fourth-order valence-corrected chi connectivity index (χ4v) is 3.72. The third-order valence-corrected chi connectivity index (χ3v) is 4.84. The summed E-state index contributed by atoms with van der Waals surface area (Å²) in [5.74, 6) is -0.915. The van der Waals surface area contributed by atoms with Crippen LogP contribution in [0.3, 0.4) is 0 Å². The van der Waals surface area contributed by atoms with Gasteiger partial charge in [0.25, 0.3) is 0 Å². The average molecular weight is 314 g/mol. The molecule has 1 N–H and O–H groups in total. The number of sulfonamides is 1. The number of halogens is 1. The molecule has 0 aromatic heterocycles. The van der Waals surface area contributed by atoms with Crippen molar-refractivity contribution >= 4 is 21.6 Å². The predicted molar refractivity (Wildman–Crippen MR) is 78.8 cm³/mol. The molecule has 21 heavy (non-hydrogen) atoms. The summed E-state index contributed by atoms with van der Waals surface area (Å²) in [6, 6.07) is 5.39. The summed E-state index contributed by atoms with van der Waals surface area (Å²) in [5, 5.41) is 2.52. The van der Waals surface area contributed by atoms with Gasteiger partial charge in [0.2, 0.25) is 15.9 Å². The van der Waals surface area contributed by atoms with Crippen LogP contribution in [0.4, 0.5) is 10.1 Å². The summed E-state index contributed by atoms with van der Waals surface area (Å²) in [6.45, 7) is -0.236. The molecule has 1 aromatic carbocycles. The largest absolute Gasteiger partial charge is 0.325 e. The molecule has 1 aromatic rings. The highest BCUT2D eigenvalue weighted by Crippen LogP contribution is 2.25. The lowest BCUT2D eigenvalue weighted by Gasteiger charge is -2.25. The second-order valence-electron chi connectivity index (χ2n) is 5.31. The van der Waals surface area contributed by atoms with Crippen molar-refractivity contribution in [2.75, 3.05) is 18.1 Å². The van der Waals surface area contributed by atoms with Gasteiger partial charge in [-0.25, -0.2) is 12.8 Å². The molecule has 0 aliphatic heterocycles. The van der Waals surface area contributed by atoms with E-state index < -0.39 is 21.7 Å². The number of anilines is 1. The van der Waals surface area contributed by atoms with Crippen molar-refractivity contribution in [2.24, 2.45) is 0 Å². The average Bonchev–Trinajstić information content (AvgIpc) is 2.88. The maximum atomic E-state index is 13.1. The van der Waals surface area contributed by atoms with Crippen LogP contribution in [0.1, 0.15) is 25.7 Å². The Bertz CT molecular complexity index is 612. The minimum atomic E-state index is -3.45. The third-order valence-electron chi connectivity index (χ3n) is 3.57. The van der Waals surface area contributed by atoms with Crippen molar-refractivity contribution in [1.82, 2.24) is 4.31 Å². The van der Waals surface area contributed by atoms with Gasteiger partial charge in [-0.05, 0) is 31.0 Å². The van der Waals surface area contributed by atoms with Crippen LogP contribution in [0.5, 0.6) is 0 Å². The number of hydrogen-bond acceptors (Lipinski definition) is 3. The van der Waals surface area contributed by atoms with E-state index in [-0.39, 0.29) is 12.6 Å². The van der Waals surface area contributed by atoms with E-state index >= 15 is 0 Å². The molecule has 0 atom stereocenters. The van der Waals surface area contributed by atoms with Crippen LogP contribution >= 0.6 is 0 Å². The van der Waals surface area contributed by atoms with E-state index in [9.17, 15) is 17.6 Å². The van der Waals surface area contributed by atoms with Gasteiger partial charge in [-0.3, -0.25) is 4.79 Å². The first-order valence-electron chi connectivity index (χ1n) is 6.88. The molecule has 1 fully saturated rings. The minimum Gasteiger partial charge on any atom is -0.325 e. The summed E-state index contributed by atoms with van der Waals surface area (Å²) < 4.78 is 38.0. The Hall–Kier alpha value is -1.47. The van der Waals surface area contributed by atoms with Crippen LogP contribution in [-0.4, -0.2) is 37.5 Å². The van der Waals surface area contributed by atoms with E-state index in [0.29, 0.717) is 5.69 Å². The molecule has 116 valence electrons. The van der Waals surface area contributed by atoms with Crippen LogP contribution in [0, 0.1) is 5.82 Å². The number of nitrogens with zero attached hydrogens (tertiary/aromatic N) is 1.